The van der Waals surface area contributed by atoms with E-state index in [2.05, 4.69) is 40.8 Å². The average molecular weight is 229 g/mol. The van der Waals surface area contributed by atoms with Crippen molar-refractivity contribution >= 4 is 22.0 Å². The molecule has 12 heavy (non-hydrogen) atoms. The van der Waals surface area contributed by atoms with Gasteiger partial charge in [0.05, 0.1) is 12.0 Å². The molecule has 0 spiro atoms. The van der Waals surface area contributed by atoms with E-state index in [1.54, 1.807) is 6.33 Å². The Morgan fingerprint density at radius 1 is 1.75 bits per heavy atom. The summed E-state index contributed by atoms with van der Waals surface area (Å²) in [6.45, 7) is 4.20. The summed E-state index contributed by atoms with van der Waals surface area (Å²) in [4.78, 5) is 4.62. The fourth-order valence-electron chi connectivity index (χ4n) is 0.856. The molecule has 1 aromatic heterocycles. The van der Waals surface area contributed by atoms with Crippen molar-refractivity contribution in [2.24, 2.45) is 7.05 Å². The molecule has 1 atom stereocenters. The van der Waals surface area contributed by atoms with E-state index in [4.69, 9.17) is 0 Å². The standard InChI is InChI=1S/C9H13BrN2/c1-7(8(2)10)4-9-5-12(3)6-11-9/h4-6,8H,1-3H3/b7-4+. The predicted octanol–water partition coefficient (Wildman–Crippen LogP) is 2.61. The normalized spacial score (nSPS) is 14.8. The third-order valence-corrected chi connectivity index (χ3v) is 2.45. The van der Waals surface area contributed by atoms with Crippen molar-refractivity contribution in [1.82, 2.24) is 9.55 Å². The number of rotatable bonds is 2. The summed E-state index contributed by atoms with van der Waals surface area (Å²) in [5, 5.41) is 0. The lowest BCUT2D eigenvalue weighted by atomic mass is 10.2. The Kier molecular flexibility index (Phi) is 3.09. The number of hydrogen-bond donors (Lipinski definition) is 0. The van der Waals surface area contributed by atoms with Gasteiger partial charge in [-0.3, -0.25) is 0 Å². The third kappa shape index (κ3) is 2.48. The van der Waals surface area contributed by atoms with E-state index < -0.39 is 0 Å². The van der Waals surface area contributed by atoms with Gasteiger partial charge in [-0.1, -0.05) is 21.5 Å². The van der Waals surface area contributed by atoms with Crippen LogP contribution in [0.15, 0.2) is 18.1 Å². The van der Waals surface area contributed by atoms with Crippen LogP contribution in [0.25, 0.3) is 6.08 Å². The van der Waals surface area contributed by atoms with Crippen LogP contribution in [0.4, 0.5) is 0 Å². The van der Waals surface area contributed by atoms with Crippen LogP contribution in [0.1, 0.15) is 19.5 Å². The molecule has 0 aliphatic carbocycles. The number of allylic oxidation sites excluding steroid dienone is 1. The van der Waals surface area contributed by atoms with Crippen molar-refractivity contribution < 1.29 is 0 Å². The van der Waals surface area contributed by atoms with Crippen LogP contribution in [0.3, 0.4) is 0 Å². The van der Waals surface area contributed by atoms with Gasteiger partial charge in [0.25, 0.3) is 0 Å². The molecule has 1 aromatic rings. The number of halogens is 1. The fraction of sp³-hybridized carbons (Fsp3) is 0.444. The Balaban J connectivity index is 2.80. The maximum atomic E-state index is 4.20. The van der Waals surface area contributed by atoms with Crippen LogP contribution in [-0.2, 0) is 7.05 Å². The highest BCUT2D eigenvalue weighted by atomic mass is 79.9. The molecule has 0 fully saturated rings. The van der Waals surface area contributed by atoms with Crippen molar-refractivity contribution in [2.45, 2.75) is 18.7 Å². The smallest absolute Gasteiger partial charge is 0.0950 e. The van der Waals surface area contributed by atoms with Crippen LogP contribution >= 0.6 is 15.9 Å². The highest BCUT2D eigenvalue weighted by molar-refractivity contribution is 9.09. The van der Waals surface area contributed by atoms with E-state index in [9.17, 15) is 0 Å². The molecule has 3 heteroatoms. The minimum Gasteiger partial charge on any atom is -0.340 e. The number of hydrogen-bond acceptors (Lipinski definition) is 1. The predicted molar refractivity (Wildman–Crippen MR) is 55.2 cm³/mol. The minimum absolute atomic E-state index is 0.416. The molecule has 1 unspecified atom stereocenters. The first-order chi connectivity index (χ1) is 5.59. The Hall–Kier alpha value is -0.570. The van der Waals surface area contributed by atoms with E-state index in [0.717, 1.165) is 5.69 Å². The molecule has 2 nitrogen and oxygen atoms in total. The summed E-state index contributed by atoms with van der Waals surface area (Å²) in [5.41, 5.74) is 2.30. The monoisotopic (exact) mass is 228 g/mol. The van der Waals surface area contributed by atoms with E-state index in [0.29, 0.717) is 4.83 Å². The summed E-state index contributed by atoms with van der Waals surface area (Å²) >= 11 is 3.50. The lowest BCUT2D eigenvalue weighted by molar-refractivity contribution is 0.913. The molecule has 0 saturated carbocycles. The summed E-state index contributed by atoms with van der Waals surface area (Å²) in [5.74, 6) is 0. The van der Waals surface area contributed by atoms with Crippen molar-refractivity contribution in [3.63, 3.8) is 0 Å². The molecule has 0 aliphatic rings. The Bertz CT molecular complexity index is 286. The molecule has 0 amide bonds. The zero-order valence-corrected chi connectivity index (χ0v) is 9.17. The zero-order valence-electron chi connectivity index (χ0n) is 7.58. The number of nitrogens with zero attached hydrogens (tertiary/aromatic N) is 2. The van der Waals surface area contributed by atoms with E-state index in [1.807, 2.05) is 17.8 Å². The average Bonchev–Trinajstić information content (AvgIpc) is 2.35. The quantitative estimate of drug-likeness (QED) is 0.712. The van der Waals surface area contributed by atoms with Crippen molar-refractivity contribution in [1.29, 1.82) is 0 Å². The molecule has 0 N–H and O–H groups in total. The number of aromatic nitrogens is 2. The summed E-state index contributed by atoms with van der Waals surface area (Å²) in [6, 6.07) is 0. The second-order valence-corrected chi connectivity index (χ2v) is 4.34. The topological polar surface area (TPSA) is 17.8 Å². The molecule has 0 radical (unpaired) electrons. The molecular formula is C9H13BrN2. The van der Waals surface area contributed by atoms with Gasteiger partial charge in [-0.05, 0) is 19.9 Å². The molecule has 0 bridgehead atoms. The van der Waals surface area contributed by atoms with Gasteiger partial charge in [0.15, 0.2) is 0 Å². The number of alkyl halides is 1. The molecule has 1 heterocycles. The van der Waals surface area contributed by atoms with Gasteiger partial charge in [0, 0.05) is 18.1 Å². The molecule has 66 valence electrons. The summed E-state index contributed by atoms with van der Waals surface area (Å²) in [6.07, 6.45) is 5.89. The maximum Gasteiger partial charge on any atom is 0.0950 e. The fourth-order valence-corrected chi connectivity index (χ4v) is 0.988. The lowest BCUT2D eigenvalue weighted by Crippen LogP contribution is -1.90. The molecule has 0 saturated heterocycles. The van der Waals surface area contributed by atoms with E-state index >= 15 is 0 Å². The van der Waals surface area contributed by atoms with Crippen LogP contribution in [-0.4, -0.2) is 14.4 Å². The second-order valence-electron chi connectivity index (χ2n) is 2.97. The zero-order chi connectivity index (χ0) is 9.14. The second kappa shape index (κ2) is 3.90. The number of imidazole rings is 1. The first-order valence-corrected chi connectivity index (χ1v) is 4.81. The van der Waals surface area contributed by atoms with Gasteiger partial charge >= 0.3 is 0 Å². The first-order valence-electron chi connectivity index (χ1n) is 3.90. The van der Waals surface area contributed by atoms with Crippen LogP contribution in [0.5, 0.6) is 0 Å². The lowest BCUT2D eigenvalue weighted by Gasteiger charge is -2.00. The Morgan fingerprint density at radius 3 is 2.83 bits per heavy atom. The van der Waals surface area contributed by atoms with Gasteiger partial charge in [0.1, 0.15) is 0 Å². The maximum absolute atomic E-state index is 4.20. The van der Waals surface area contributed by atoms with E-state index in [1.165, 1.54) is 5.57 Å². The van der Waals surface area contributed by atoms with Gasteiger partial charge in [-0.15, -0.1) is 0 Å². The minimum atomic E-state index is 0.416. The molecular weight excluding hydrogens is 216 g/mol. The molecule has 1 rings (SSSR count). The van der Waals surface area contributed by atoms with Gasteiger partial charge < -0.3 is 4.57 Å². The SMILES string of the molecule is C/C(=C\c1cn(C)cn1)C(C)Br. The van der Waals surface area contributed by atoms with Crippen molar-refractivity contribution in [3.05, 3.63) is 23.8 Å². The van der Waals surface area contributed by atoms with E-state index in [-0.39, 0.29) is 0 Å². The van der Waals surface area contributed by atoms with Crippen molar-refractivity contribution in [2.75, 3.05) is 0 Å². The summed E-state index contributed by atoms with van der Waals surface area (Å²) in [7, 11) is 1.97. The van der Waals surface area contributed by atoms with Crippen LogP contribution in [0.2, 0.25) is 0 Å². The molecule has 0 aromatic carbocycles. The van der Waals surface area contributed by atoms with Gasteiger partial charge in [-0.2, -0.15) is 0 Å². The molecule has 0 aliphatic heterocycles. The Morgan fingerprint density at radius 2 is 2.42 bits per heavy atom. The largest absolute Gasteiger partial charge is 0.340 e. The Labute approximate surface area is 81.4 Å². The first kappa shape index (κ1) is 9.52. The van der Waals surface area contributed by atoms with Gasteiger partial charge in [0.2, 0.25) is 0 Å². The highest BCUT2D eigenvalue weighted by Gasteiger charge is 1.99. The highest BCUT2D eigenvalue weighted by Crippen LogP contribution is 2.13. The third-order valence-electron chi connectivity index (χ3n) is 1.73. The van der Waals surface area contributed by atoms with Gasteiger partial charge in [-0.25, -0.2) is 4.98 Å². The van der Waals surface area contributed by atoms with Crippen molar-refractivity contribution in [3.8, 4) is 0 Å². The summed E-state index contributed by atoms with van der Waals surface area (Å²) < 4.78 is 1.94. The number of aryl methyl sites for hydroxylation is 1. The van der Waals surface area contributed by atoms with Crippen LogP contribution < -0.4 is 0 Å². The van der Waals surface area contributed by atoms with Crippen LogP contribution in [0, 0.1) is 0 Å².